The minimum absolute atomic E-state index is 0.640. The lowest BCUT2D eigenvalue weighted by Gasteiger charge is -2.04. The number of allylic oxidation sites excluding steroid dienone is 1. The van der Waals surface area contributed by atoms with Crippen molar-refractivity contribution >= 4 is 50.4 Å². The molecule has 138 valence electrons. The Hall–Kier alpha value is -2.83. The summed E-state index contributed by atoms with van der Waals surface area (Å²) in [5.74, 6) is 0.640. The molecule has 0 fully saturated rings. The third kappa shape index (κ3) is 5.32. The van der Waals surface area contributed by atoms with Gasteiger partial charge in [-0.2, -0.15) is 0 Å². The Morgan fingerprint density at radius 3 is 2.56 bits per heavy atom. The van der Waals surface area contributed by atoms with E-state index in [-0.39, 0.29) is 0 Å². The van der Waals surface area contributed by atoms with Crippen molar-refractivity contribution in [2.45, 2.75) is 0 Å². The monoisotopic (exact) mass is 424 g/mol. The van der Waals surface area contributed by atoms with Crippen LogP contribution in [0.4, 0.5) is 5.82 Å². The van der Waals surface area contributed by atoms with Gasteiger partial charge in [0.15, 0.2) is 5.82 Å². The Labute approximate surface area is 167 Å². The average molecular weight is 425 g/mol. The number of nitrogens with two attached hydrogens (primary N) is 1. The van der Waals surface area contributed by atoms with Gasteiger partial charge in [0, 0.05) is 71.6 Å². The number of pyridine rings is 2. The fourth-order valence-corrected chi connectivity index (χ4v) is 2.77. The Morgan fingerprint density at radius 2 is 1.89 bits per heavy atom. The van der Waals surface area contributed by atoms with Gasteiger partial charge in [0.2, 0.25) is 0 Å². The molecule has 0 radical (unpaired) electrons. The van der Waals surface area contributed by atoms with Crippen molar-refractivity contribution in [2.75, 3.05) is 14.2 Å². The van der Waals surface area contributed by atoms with Crippen LogP contribution in [0.1, 0.15) is 11.1 Å². The van der Waals surface area contributed by atoms with Gasteiger partial charge in [-0.05, 0) is 27.6 Å². The van der Waals surface area contributed by atoms with Crippen LogP contribution in [0.5, 0.6) is 0 Å². The third-order valence-electron chi connectivity index (χ3n) is 3.56. The normalized spacial score (nSPS) is 11.3. The van der Waals surface area contributed by atoms with Crippen LogP contribution in [-0.4, -0.2) is 30.4 Å². The molecular weight excluding hydrogens is 404 g/mol. The first-order chi connectivity index (χ1) is 13.1. The maximum absolute atomic E-state index is 5.76. The lowest BCUT2D eigenvalue weighted by molar-refractivity contribution is 0.277. The van der Waals surface area contributed by atoms with E-state index in [0.29, 0.717) is 5.82 Å². The van der Waals surface area contributed by atoms with Gasteiger partial charge in [0.05, 0.1) is 0 Å². The van der Waals surface area contributed by atoms with Crippen molar-refractivity contribution < 1.29 is 4.74 Å². The number of methoxy groups -OCH3 is 1. The maximum Gasteiger partial charge on any atom is 0.159 e. The molecule has 3 aromatic rings. The number of nitrogens with zero attached hydrogens (tertiary/aromatic N) is 3. The molecule has 27 heavy (non-hydrogen) atoms. The standard InChI is InChI=1S/C19H15BrN4.C2H6O/c1-2-13-7-14(10-22-9-13)15(8-21)11-23-19-17-6-4-3-5-16(17)18(20)12-24-19;1-3-2/h2-12H,1,21H2;1-2H3/b15-8+,23-11?;. The zero-order chi connectivity index (χ0) is 19.6. The molecule has 2 aromatic heterocycles. The molecule has 0 amide bonds. The van der Waals surface area contributed by atoms with E-state index in [1.54, 1.807) is 45.1 Å². The van der Waals surface area contributed by atoms with Gasteiger partial charge in [-0.15, -0.1) is 0 Å². The smallest absolute Gasteiger partial charge is 0.159 e. The fraction of sp³-hybridized carbons (Fsp3) is 0.0952. The largest absolute Gasteiger partial charge is 0.404 e. The van der Waals surface area contributed by atoms with Crippen molar-refractivity contribution in [3.05, 3.63) is 77.3 Å². The first kappa shape index (κ1) is 20.5. The van der Waals surface area contributed by atoms with E-state index in [1.807, 2.05) is 30.3 Å². The van der Waals surface area contributed by atoms with E-state index in [2.05, 4.69) is 42.2 Å². The Kier molecular flexibility index (Phi) is 7.85. The summed E-state index contributed by atoms with van der Waals surface area (Å²) in [7, 11) is 3.25. The summed E-state index contributed by atoms with van der Waals surface area (Å²) in [6.45, 7) is 3.75. The number of ether oxygens (including phenoxy) is 1. The van der Waals surface area contributed by atoms with Gasteiger partial charge in [0.1, 0.15) is 0 Å². The molecule has 0 aliphatic heterocycles. The molecule has 0 bridgehead atoms. The topological polar surface area (TPSA) is 73.4 Å². The summed E-state index contributed by atoms with van der Waals surface area (Å²) in [5, 5.41) is 2.03. The second-order valence-electron chi connectivity index (χ2n) is 5.47. The lowest BCUT2D eigenvalue weighted by atomic mass is 10.1. The van der Waals surface area contributed by atoms with Gasteiger partial charge in [0.25, 0.3) is 0 Å². The molecule has 0 aliphatic carbocycles. The Morgan fingerprint density at radius 1 is 1.19 bits per heavy atom. The zero-order valence-corrected chi connectivity index (χ0v) is 16.8. The molecule has 0 saturated carbocycles. The molecule has 6 heteroatoms. The van der Waals surface area contributed by atoms with Crippen molar-refractivity contribution in [1.29, 1.82) is 0 Å². The van der Waals surface area contributed by atoms with Crippen LogP contribution < -0.4 is 5.73 Å². The Balaban J connectivity index is 0.000000817. The van der Waals surface area contributed by atoms with E-state index in [0.717, 1.165) is 31.9 Å². The van der Waals surface area contributed by atoms with E-state index in [4.69, 9.17) is 5.73 Å². The van der Waals surface area contributed by atoms with Crippen LogP contribution in [-0.2, 0) is 4.74 Å². The molecule has 0 unspecified atom stereocenters. The summed E-state index contributed by atoms with van der Waals surface area (Å²) < 4.78 is 5.19. The van der Waals surface area contributed by atoms with Crippen LogP contribution in [0.15, 0.2) is 71.2 Å². The highest BCUT2D eigenvalue weighted by Gasteiger charge is 2.05. The number of aliphatic imine (C=N–C) groups is 1. The molecule has 3 rings (SSSR count). The summed E-state index contributed by atoms with van der Waals surface area (Å²) in [6, 6.07) is 9.92. The van der Waals surface area contributed by atoms with E-state index in [1.165, 1.54) is 6.20 Å². The highest BCUT2D eigenvalue weighted by Crippen LogP contribution is 2.29. The summed E-state index contributed by atoms with van der Waals surface area (Å²) in [5.41, 5.74) is 8.32. The number of aromatic nitrogens is 2. The molecule has 1 aromatic carbocycles. The van der Waals surface area contributed by atoms with E-state index < -0.39 is 0 Å². The highest BCUT2D eigenvalue weighted by atomic mass is 79.9. The number of rotatable bonds is 4. The van der Waals surface area contributed by atoms with Crippen molar-refractivity contribution in [3.8, 4) is 0 Å². The molecule has 0 atom stereocenters. The van der Waals surface area contributed by atoms with Crippen molar-refractivity contribution in [1.82, 2.24) is 9.97 Å². The summed E-state index contributed by atoms with van der Waals surface area (Å²) >= 11 is 3.51. The summed E-state index contributed by atoms with van der Waals surface area (Å²) in [6.07, 6.45) is 10.2. The van der Waals surface area contributed by atoms with Crippen molar-refractivity contribution in [2.24, 2.45) is 10.7 Å². The third-order valence-corrected chi connectivity index (χ3v) is 4.19. The van der Waals surface area contributed by atoms with Gasteiger partial charge < -0.3 is 10.5 Å². The average Bonchev–Trinajstić information content (AvgIpc) is 2.71. The molecule has 0 aliphatic rings. The van der Waals surface area contributed by atoms with Crippen LogP contribution >= 0.6 is 15.9 Å². The summed E-state index contributed by atoms with van der Waals surface area (Å²) in [4.78, 5) is 13.1. The molecule has 0 spiro atoms. The molecular formula is C21H21BrN4O. The lowest BCUT2D eigenvalue weighted by Crippen LogP contribution is -1.93. The van der Waals surface area contributed by atoms with Gasteiger partial charge in [-0.1, -0.05) is 36.9 Å². The molecule has 5 nitrogen and oxygen atoms in total. The van der Waals surface area contributed by atoms with Crippen LogP contribution in [0, 0.1) is 0 Å². The number of halogens is 1. The second-order valence-corrected chi connectivity index (χ2v) is 6.33. The second kappa shape index (κ2) is 10.4. The predicted octanol–water partition coefficient (Wildman–Crippen LogP) is 5.00. The fourth-order valence-electron chi connectivity index (χ4n) is 2.32. The number of hydrogen-bond donors (Lipinski definition) is 1. The minimum Gasteiger partial charge on any atom is -0.404 e. The van der Waals surface area contributed by atoms with E-state index in [9.17, 15) is 0 Å². The minimum atomic E-state index is 0.640. The molecule has 2 N–H and O–H groups in total. The van der Waals surface area contributed by atoms with Gasteiger partial charge in [-0.3, -0.25) is 4.98 Å². The number of hydrogen-bond acceptors (Lipinski definition) is 5. The number of benzene rings is 1. The molecule has 2 heterocycles. The molecule has 0 saturated heterocycles. The maximum atomic E-state index is 5.76. The first-order valence-corrected chi connectivity index (χ1v) is 8.91. The van der Waals surface area contributed by atoms with Gasteiger partial charge in [-0.25, -0.2) is 9.98 Å². The van der Waals surface area contributed by atoms with Gasteiger partial charge >= 0.3 is 0 Å². The zero-order valence-electron chi connectivity index (χ0n) is 15.3. The predicted molar refractivity (Wildman–Crippen MR) is 117 cm³/mol. The highest BCUT2D eigenvalue weighted by molar-refractivity contribution is 9.10. The van der Waals surface area contributed by atoms with Crippen LogP contribution in [0.25, 0.3) is 22.4 Å². The first-order valence-electron chi connectivity index (χ1n) is 8.11. The Bertz CT molecular complexity index is 983. The number of fused-ring (bicyclic) bond motifs is 1. The van der Waals surface area contributed by atoms with E-state index >= 15 is 0 Å². The van der Waals surface area contributed by atoms with Crippen LogP contribution in [0.3, 0.4) is 0 Å². The quantitative estimate of drug-likeness (QED) is 0.597. The van der Waals surface area contributed by atoms with Crippen molar-refractivity contribution in [3.63, 3.8) is 0 Å². The SMILES string of the molecule is C=Cc1cncc(/C(C=Nc2ncc(Br)c3ccccc23)=C/N)c1.COC. The van der Waals surface area contributed by atoms with Crippen LogP contribution in [0.2, 0.25) is 0 Å².